The van der Waals surface area contributed by atoms with Crippen LogP contribution in [0.25, 0.3) is 0 Å². The van der Waals surface area contributed by atoms with Gasteiger partial charge in [-0.2, -0.15) is 0 Å². The van der Waals surface area contributed by atoms with E-state index in [1.807, 2.05) is 6.92 Å². The normalized spacial score (nSPS) is 12.9. The standard InChI is InChI=1S/C10H12F2O/c1-7(6-13)4-8-2-3-9(11)5-10(8)12/h2-3,5,7,13H,4,6H2,1H3/t7-/m0/s1. The molecule has 1 nitrogen and oxygen atoms in total. The Morgan fingerprint density at radius 1 is 1.38 bits per heavy atom. The Kier molecular flexibility index (Phi) is 3.37. The highest BCUT2D eigenvalue weighted by Gasteiger charge is 2.07. The minimum atomic E-state index is -0.571. The van der Waals surface area contributed by atoms with Crippen LogP contribution in [-0.2, 0) is 6.42 Å². The van der Waals surface area contributed by atoms with E-state index < -0.39 is 11.6 Å². The molecule has 0 aromatic heterocycles. The summed E-state index contributed by atoms with van der Waals surface area (Å²) < 4.78 is 25.5. The molecule has 0 radical (unpaired) electrons. The molecule has 0 saturated carbocycles. The van der Waals surface area contributed by atoms with Gasteiger partial charge in [-0.15, -0.1) is 0 Å². The van der Waals surface area contributed by atoms with E-state index in [0.29, 0.717) is 12.0 Å². The van der Waals surface area contributed by atoms with Gasteiger partial charge in [-0.1, -0.05) is 13.0 Å². The van der Waals surface area contributed by atoms with E-state index in [0.717, 1.165) is 6.07 Å². The number of hydrogen-bond acceptors (Lipinski definition) is 1. The van der Waals surface area contributed by atoms with Crippen LogP contribution in [0.3, 0.4) is 0 Å². The van der Waals surface area contributed by atoms with E-state index in [1.54, 1.807) is 0 Å². The zero-order valence-corrected chi connectivity index (χ0v) is 7.43. The Morgan fingerprint density at radius 2 is 2.08 bits per heavy atom. The molecule has 0 heterocycles. The molecule has 0 aliphatic carbocycles. The van der Waals surface area contributed by atoms with Crippen LogP contribution in [0.15, 0.2) is 18.2 Å². The molecule has 0 aliphatic heterocycles. The predicted molar refractivity (Wildman–Crippen MR) is 46.3 cm³/mol. The molecule has 1 rings (SSSR count). The van der Waals surface area contributed by atoms with Crippen LogP contribution in [0.1, 0.15) is 12.5 Å². The molecule has 1 N–H and O–H groups in total. The van der Waals surface area contributed by atoms with Crippen molar-refractivity contribution in [1.29, 1.82) is 0 Å². The lowest BCUT2D eigenvalue weighted by atomic mass is 10.0. The molecule has 13 heavy (non-hydrogen) atoms. The Bertz CT molecular complexity index is 286. The van der Waals surface area contributed by atoms with Crippen molar-refractivity contribution in [3.8, 4) is 0 Å². The fourth-order valence-electron chi connectivity index (χ4n) is 1.13. The molecule has 0 aliphatic rings. The summed E-state index contributed by atoms with van der Waals surface area (Å²) in [6.07, 6.45) is 0.433. The fraction of sp³-hybridized carbons (Fsp3) is 0.400. The van der Waals surface area contributed by atoms with Gasteiger partial charge in [0.2, 0.25) is 0 Å². The zero-order valence-electron chi connectivity index (χ0n) is 7.43. The molecule has 0 spiro atoms. The monoisotopic (exact) mass is 186 g/mol. The molecule has 0 fully saturated rings. The highest BCUT2D eigenvalue weighted by Crippen LogP contribution is 2.13. The van der Waals surface area contributed by atoms with Crippen LogP contribution < -0.4 is 0 Å². The average Bonchev–Trinajstić information content (AvgIpc) is 2.09. The lowest BCUT2D eigenvalue weighted by Crippen LogP contribution is -2.06. The minimum Gasteiger partial charge on any atom is -0.396 e. The summed E-state index contributed by atoms with van der Waals surface area (Å²) in [6, 6.07) is 3.50. The first-order chi connectivity index (χ1) is 6.13. The van der Waals surface area contributed by atoms with Crippen LogP contribution >= 0.6 is 0 Å². The highest BCUT2D eigenvalue weighted by molar-refractivity contribution is 5.18. The van der Waals surface area contributed by atoms with Crippen molar-refractivity contribution in [3.05, 3.63) is 35.4 Å². The second-order valence-electron chi connectivity index (χ2n) is 3.23. The van der Waals surface area contributed by atoms with E-state index in [9.17, 15) is 8.78 Å². The van der Waals surface area contributed by atoms with Gasteiger partial charge in [-0.05, 0) is 24.0 Å². The summed E-state index contributed by atoms with van der Waals surface area (Å²) in [5.41, 5.74) is 0.447. The summed E-state index contributed by atoms with van der Waals surface area (Å²) in [4.78, 5) is 0. The third-order valence-corrected chi connectivity index (χ3v) is 1.90. The number of aliphatic hydroxyl groups is 1. The third-order valence-electron chi connectivity index (χ3n) is 1.90. The van der Waals surface area contributed by atoms with E-state index in [4.69, 9.17) is 5.11 Å². The highest BCUT2D eigenvalue weighted by atomic mass is 19.1. The molecular weight excluding hydrogens is 174 g/mol. The quantitative estimate of drug-likeness (QED) is 0.766. The van der Waals surface area contributed by atoms with Gasteiger partial charge in [-0.3, -0.25) is 0 Å². The minimum absolute atomic E-state index is 0.0000359. The maximum Gasteiger partial charge on any atom is 0.129 e. The first-order valence-electron chi connectivity index (χ1n) is 4.18. The van der Waals surface area contributed by atoms with Crippen molar-refractivity contribution in [2.24, 2.45) is 5.92 Å². The third kappa shape index (κ3) is 2.77. The molecule has 72 valence electrons. The van der Waals surface area contributed by atoms with Crippen molar-refractivity contribution >= 4 is 0 Å². The number of aliphatic hydroxyl groups excluding tert-OH is 1. The predicted octanol–water partition coefficient (Wildman–Crippen LogP) is 2.14. The summed E-state index contributed by atoms with van der Waals surface area (Å²) in [5.74, 6) is -1.11. The Hall–Kier alpha value is -0.960. The maximum absolute atomic E-state index is 13.0. The van der Waals surface area contributed by atoms with Gasteiger partial charge >= 0.3 is 0 Å². The van der Waals surface area contributed by atoms with E-state index in [1.165, 1.54) is 12.1 Å². The Labute approximate surface area is 76.0 Å². The molecule has 0 saturated heterocycles. The van der Waals surface area contributed by atoms with Crippen LogP contribution in [0, 0.1) is 17.6 Å². The first kappa shape index (κ1) is 10.1. The number of benzene rings is 1. The second-order valence-corrected chi connectivity index (χ2v) is 3.23. The van der Waals surface area contributed by atoms with Crippen molar-refractivity contribution in [2.75, 3.05) is 6.61 Å². The largest absolute Gasteiger partial charge is 0.396 e. The van der Waals surface area contributed by atoms with Crippen LogP contribution in [0.5, 0.6) is 0 Å². The van der Waals surface area contributed by atoms with E-state index >= 15 is 0 Å². The Balaban J connectivity index is 2.77. The summed E-state index contributed by atoms with van der Waals surface area (Å²) in [5, 5.41) is 8.75. The van der Waals surface area contributed by atoms with Gasteiger partial charge < -0.3 is 5.11 Å². The average molecular weight is 186 g/mol. The van der Waals surface area contributed by atoms with Crippen LogP contribution in [0.2, 0.25) is 0 Å². The molecule has 0 unspecified atom stereocenters. The van der Waals surface area contributed by atoms with Gasteiger partial charge in [0, 0.05) is 12.7 Å². The molecule has 3 heteroatoms. The zero-order chi connectivity index (χ0) is 9.84. The summed E-state index contributed by atoms with van der Waals surface area (Å²) in [6.45, 7) is 1.82. The van der Waals surface area contributed by atoms with Gasteiger partial charge in [-0.25, -0.2) is 8.78 Å². The molecule has 1 atom stereocenters. The van der Waals surface area contributed by atoms with Gasteiger partial charge in [0.1, 0.15) is 11.6 Å². The SMILES string of the molecule is C[C@H](CO)Cc1ccc(F)cc1F. The van der Waals surface area contributed by atoms with E-state index in [2.05, 4.69) is 0 Å². The van der Waals surface area contributed by atoms with Crippen molar-refractivity contribution in [2.45, 2.75) is 13.3 Å². The molecule has 0 bridgehead atoms. The van der Waals surface area contributed by atoms with Gasteiger partial charge in [0.25, 0.3) is 0 Å². The van der Waals surface area contributed by atoms with Gasteiger partial charge in [0.05, 0.1) is 0 Å². The summed E-state index contributed by atoms with van der Waals surface area (Å²) in [7, 11) is 0. The van der Waals surface area contributed by atoms with Crippen molar-refractivity contribution in [1.82, 2.24) is 0 Å². The van der Waals surface area contributed by atoms with Crippen molar-refractivity contribution in [3.63, 3.8) is 0 Å². The number of halogens is 2. The number of rotatable bonds is 3. The lowest BCUT2D eigenvalue weighted by molar-refractivity contribution is 0.236. The van der Waals surface area contributed by atoms with E-state index in [-0.39, 0.29) is 12.5 Å². The Morgan fingerprint density at radius 3 is 2.62 bits per heavy atom. The lowest BCUT2D eigenvalue weighted by Gasteiger charge is -2.08. The molecule has 0 amide bonds. The van der Waals surface area contributed by atoms with Crippen LogP contribution in [0.4, 0.5) is 8.78 Å². The molecular formula is C10H12F2O. The molecule has 1 aromatic rings. The smallest absolute Gasteiger partial charge is 0.129 e. The van der Waals surface area contributed by atoms with Gasteiger partial charge in [0.15, 0.2) is 0 Å². The molecule has 1 aromatic carbocycles. The maximum atomic E-state index is 13.0. The summed E-state index contributed by atoms with van der Waals surface area (Å²) >= 11 is 0. The topological polar surface area (TPSA) is 20.2 Å². The second kappa shape index (κ2) is 4.33. The van der Waals surface area contributed by atoms with Crippen molar-refractivity contribution < 1.29 is 13.9 Å². The first-order valence-corrected chi connectivity index (χ1v) is 4.18. The number of hydrogen-bond donors (Lipinski definition) is 1. The fourth-order valence-corrected chi connectivity index (χ4v) is 1.13. The van der Waals surface area contributed by atoms with Crippen LogP contribution in [-0.4, -0.2) is 11.7 Å².